The van der Waals surface area contributed by atoms with Gasteiger partial charge in [-0.1, -0.05) is 36.4 Å². The van der Waals surface area contributed by atoms with E-state index < -0.39 is 15.6 Å². The molecule has 3 heterocycles. The van der Waals surface area contributed by atoms with Crippen LogP contribution in [0.3, 0.4) is 0 Å². The van der Waals surface area contributed by atoms with Gasteiger partial charge in [0.2, 0.25) is 5.95 Å². The van der Waals surface area contributed by atoms with Crippen LogP contribution in [-0.2, 0) is 14.8 Å². The number of ketones is 1. The van der Waals surface area contributed by atoms with Crippen molar-refractivity contribution in [1.82, 2.24) is 18.8 Å². The number of nitrogens with one attached hydrogen (secondary N) is 1. The van der Waals surface area contributed by atoms with Crippen LogP contribution in [0.5, 0.6) is 0 Å². The zero-order valence-electron chi connectivity index (χ0n) is 23.5. The first-order valence-corrected chi connectivity index (χ1v) is 14.9. The molecule has 0 spiro atoms. The highest BCUT2D eigenvalue weighted by molar-refractivity contribution is 7.90. The van der Waals surface area contributed by atoms with Gasteiger partial charge in [-0.15, -0.1) is 0 Å². The van der Waals surface area contributed by atoms with Crippen molar-refractivity contribution in [2.45, 2.75) is 57.1 Å². The van der Waals surface area contributed by atoms with Crippen LogP contribution in [0.1, 0.15) is 50.9 Å². The highest BCUT2D eigenvalue weighted by Crippen LogP contribution is 2.34. The van der Waals surface area contributed by atoms with E-state index >= 15 is 0 Å². The second kappa shape index (κ2) is 11.0. The van der Waals surface area contributed by atoms with E-state index in [1.807, 2.05) is 26.8 Å². The summed E-state index contributed by atoms with van der Waals surface area (Å²) in [6.07, 6.45) is 4.17. The summed E-state index contributed by atoms with van der Waals surface area (Å²) in [7, 11) is -3.92. The molecule has 1 amide bonds. The first-order chi connectivity index (χ1) is 19.4. The Morgan fingerprint density at radius 3 is 2.46 bits per heavy atom. The van der Waals surface area contributed by atoms with Crippen LogP contribution in [0.15, 0.2) is 71.9 Å². The van der Waals surface area contributed by atoms with E-state index in [-0.39, 0.29) is 34.3 Å². The van der Waals surface area contributed by atoms with Crippen LogP contribution >= 0.6 is 0 Å². The fourth-order valence-corrected chi connectivity index (χ4v) is 6.32. The summed E-state index contributed by atoms with van der Waals surface area (Å²) in [6.45, 7) is 7.93. The molecule has 1 aliphatic heterocycles. The third-order valence-corrected chi connectivity index (χ3v) is 8.50. The molecule has 5 rings (SSSR count). The molecule has 214 valence electrons. The van der Waals surface area contributed by atoms with Crippen molar-refractivity contribution < 1.29 is 22.7 Å². The van der Waals surface area contributed by atoms with Gasteiger partial charge in [-0.2, -0.15) is 0 Å². The maximum Gasteiger partial charge on any atom is 0.410 e. The number of piperidine rings is 1. The predicted octanol–water partition coefficient (Wildman–Crippen LogP) is 5.35. The minimum atomic E-state index is -3.92. The smallest absolute Gasteiger partial charge is 0.410 e. The summed E-state index contributed by atoms with van der Waals surface area (Å²) in [6, 6.07) is 15.2. The molecule has 11 heteroatoms. The molecule has 1 fully saturated rings. The Kier molecular flexibility index (Phi) is 7.56. The lowest BCUT2D eigenvalue weighted by Crippen LogP contribution is -2.47. The molecule has 4 aromatic rings. The van der Waals surface area contributed by atoms with Crippen molar-refractivity contribution in [1.29, 1.82) is 0 Å². The summed E-state index contributed by atoms with van der Waals surface area (Å²) < 4.78 is 34.0. The van der Waals surface area contributed by atoms with Gasteiger partial charge in [0.15, 0.2) is 5.78 Å². The first kappa shape index (κ1) is 28.3. The SMILES string of the molecule is CC(=O)c1cnc(N[C@H]2CCCN(C(=O)OC(C)(C)C)C2)nc1-c1cn(S(=O)(=O)c2ccccc2)c2ccccc12. The molecule has 0 bridgehead atoms. The van der Waals surface area contributed by atoms with Crippen molar-refractivity contribution in [2.75, 3.05) is 18.4 Å². The number of carbonyl (C=O) groups excluding carboxylic acids is 2. The number of benzene rings is 2. The molecular weight excluding hydrogens is 542 g/mol. The van der Waals surface area contributed by atoms with Crippen molar-refractivity contribution >= 4 is 38.8 Å². The number of ether oxygens (including phenoxy) is 1. The quantitative estimate of drug-likeness (QED) is 0.305. The lowest BCUT2D eigenvalue weighted by molar-refractivity contribution is 0.0206. The third kappa shape index (κ3) is 5.95. The number of rotatable bonds is 6. The van der Waals surface area contributed by atoms with Gasteiger partial charge >= 0.3 is 6.09 Å². The van der Waals surface area contributed by atoms with Gasteiger partial charge in [-0.3, -0.25) is 4.79 Å². The Balaban J connectivity index is 1.52. The number of hydrogen-bond acceptors (Lipinski definition) is 8. The molecule has 1 N–H and O–H groups in total. The van der Waals surface area contributed by atoms with Crippen LogP contribution in [-0.4, -0.2) is 63.9 Å². The largest absolute Gasteiger partial charge is 0.444 e. The van der Waals surface area contributed by atoms with Crippen LogP contribution in [0.2, 0.25) is 0 Å². The lowest BCUT2D eigenvalue weighted by Gasteiger charge is -2.34. The zero-order valence-corrected chi connectivity index (χ0v) is 24.3. The lowest BCUT2D eigenvalue weighted by atomic mass is 10.0. The molecule has 2 aromatic carbocycles. The van der Waals surface area contributed by atoms with Gasteiger partial charge in [0.05, 0.1) is 21.7 Å². The fourth-order valence-electron chi connectivity index (χ4n) is 4.93. The Hall–Kier alpha value is -4.25. The summed E-state index contributed by atoms with van der Waals surface area (Å²) in [4.78, 5) is 36.2. The number of nitrogens with zero attached hydrogens (tertiary/aromatic N) is 4. The van der Waals surface area contributed by atoms with E-state index in [0.717, 1.165) is 12.8 Å². The Labute approximate surface area is 239 Å². The van der Waals surface area contributed by atoms with E-state index in [0.29, 0.717) is 35.2 Å². The van der Waals surface area contributed by atoms with Gasteiger partial charge in [0.1, 0.15) is 5.60 Å². The van der Waals surface area contributed by atoms with E-state index in [4.69, 9.17) is 9.72 Å². The second-order valence-electron chi connectivity index (χ2n) is 11.1. The highest BCUT2D eigenvalue weighted by Gasteiger charge is 2.29. The number of likely N-dealkylation sites (tertiary alicyclic amines) is 1. The van der Waals surface area contributed by atoms with Crippen molar-refractivity contribution in [3.05, 3.63) is 72.6 Å². The highest BCUT2D eigenvalue weighted by atomic mass is 32.2. The molecular formula is C30H33N5O5S. The zero-order chi connectivity index (χ0) is 29.4. The Morgan fingerprint density at radius 1 is 1.05 bits per heavy atom. The van der Waals surface area contributed by atoms with Crippen LogP contribution in [0.25, 0.3) is 22.2 Å². The number of para-hydroxylation sites is 1. The number of carbonyl (C=O) groups is 2. The number of aromatic nitrogens is 3. The molecule has 1 saturated heterocycles. The van der Waals surface area contributed by atoms with E-state index in [1.165, 1.54) is 23.3 Å². The molecule has 1 aliphatic rings. The van der Waals surface area contributed by atoms with Crippen molar-refractivity contribution in [3.63, 3.8) is 0 Å². The van der Waals surface area contributed by atoms with E-state index in [1.54, 1.807) is 53.4 Å². The second-order valence-corrected chi connectivity index (χ2v) is 12.9. The number of hydrogen-bond donors (Lipinski definition) is 1. The molecule has 0 saturated carbocycles. The van der Waals surface area contributed by atoms with E-state index in [9.17, 15) is 18.0 Å². The number of fused-ring (bicyclic) bond motifs is 1. The monoisotopic (exact) mass is 575 g/mol. The maximum atomic E-state index is 13.6. The van der Waals surface area contributed by atoms with Crippen molar-refractivity contribution in [3.8, 4) is 11.3 Å². The van der Waals surface area contributed by atoms with Gasteiger partial charge < -0.3 is 15.0 Å². The standard InChI is InChI=1S/C30H33N5O5S/c1-20(36)24-17-31-28(32-21-11-10-16-34(18-21)29(37)40-30(2,3)4)33-27(24)25-19-35(26-15-9-8-14-23(25)26)41(38,39)22-12-6-5-7-13-22/h5-9,12-15,17,19,21H,10-11,16,18H2,1-4H3,(H,31,32,33)/t21-/m0/s1. The maximum absolute atomic E-state index is 13.6. The van der Waals surface area contributed by atoms with Gasteiger partial charge in [-0.25, -0.2) is 27.2 Å². The van der Waals surface area contributed by atoms with Crippen molar-refractivity contribution in [2.24, 2.45) is 0 Å². The van der Waals surface area contributed by atoms with Gasteiger partial charge in [0, 0.05) is 42.5 Å². The molecule has 0 unspecified atom stereocenters. The Morgan fingerprint density at radius 2 is 1.76 bits per heavy atom. The summed E-state index contributed by atoms with van der Waals surface area (Å²) in [5.41, 5.74) is 0.970. The van der Waals surface area contributed by atoms with Crippen LogP contribution in [0, 0.1) is 0 Å². The van der Waals surface area contributed by atoms with E-state index in [2.05, 4.69) is 10.3 Å². The third-order valence-electron chi connectivity index (χ3n) is 6.81. The van der Waals surface area contributed by atoms with Crippen LogP contribution in [0.4, 0.5) is 10.7 Å². The molecule has 2 aromatic heterocycles. The molecule has 0 radical (unpaired) electrons. The molecule has 0 aliphatic carbocycles. The topological polar surface area (TPSA) is 123 Å². The minimum absolute atomic E-state index is 0.132. The number of Topliss-reactive ketones (excluding diaryl/α,β-unsaturated/α-hetero) is 1. The summed E-state index contributed by atoms with van der Waals surface area (Å²) in [5.74, 6) is 0.0341. The normalized spacial score (nSPS) is 16.0. The number of amides is 1. The predicted molar refractivity (Wildman–Crippen MR) is 156 cm³/mol. The first-order valence-electron chi connectivity index (χ1n) is 13.5. The molecule has 1 atom stereocenters. The average molecular weight is 576 g/mol. The number of anilines is 1. The van der Waals surface area contributed by atoms with Crippen LogP contribution < -0.4 is 5.32 Å². The van der Waals surface area contributed by atoms with Gasteiger partial charge in [-0.05, 0) is 58.7 Å². The molecule has 41 heavy (non-hydrogen) atoms. The minimum Gasteiger partial charge on any atom is -0.444 e. The molecule has 10 nitrogen and oxygen atoms in total. The Bertz CT molecular complexity index is 1710. The van der Waals surface area contributed by atoms with Gasteiger partial charge in [0.25, 0.3) is 10.0 Å². The summed E-state index contributed by atoms with van der Waals surface area (Å²) in [5, 5.41) is 3.94. The summed E-state index contributed by atoms with van der Waals surface area (Å²) >= 11 is 0. The average Bonchev–Trinajstić information content (AvgIpc) is 3.33. The fraction of sp³-hybridized carbons (Fsp3) is 0.333.